The van der Waals surface area contributed by atoms with Crippen molar-refractivity contribution in [3.63, 3.8) is 0 Å². The summed E-state index contributed by atoms with van der Waals surface area (Å²) in [7, 11) is 0. The molecule has 1 saturated heterocycles. The van der Waals surface area contributed by atoms with Crippen LogP contribution in [0.25, 0.3) is 0 Å². The van der Waals surface area contributed by atoms with E-state index in [4.69, 9.17) is 5.73 Å². The van der Waals surface area contributed by atoms with Gasteiger partial charge in [-0.15, -0.1) is 0 Å². The second-order valence-electron chi connectivity index (χ2n) is 5.10. The predicted molar refractivity (Wildman–Crippen MR) is 70.9 cm³/mol. The summed E-state index contributed by atoms with van der Waals surface area (Å²) in [4.78, 5) is 25.2. The van der Waals surface area contributed by atoms with E-state index in [2.05, 4.69) is 5.32 Å². The summed E-state index contributed by atoms with van der Waals surface area (Å²) in [5.74, 6) is 0.0293. The molecule has 1 aliphatic rings. The number of nitrogens with one attached hydrogen (secondary N) is 1. The van der Waals surface area contributed by atoms with Crippen molar-refractivity contribution in [2.24, 2.45) is 5.73 Å². The molecule has 1 atom stereocenters. The van der Waals surface area contributed by atoms with E-state index < -0.39 is 0 Å². The van der Waals surface area contributed by atoms with Crippen molar-refractivity contribution in [2.45, 2.75) is 51.5 Å². The standard InChI is InChI=1S/C13H25N3O2/c1-11(14)7-8-15-12(17)10-16-9-5-3-2-4-6-13(16)18/h11H,2-10,14H2,1H3,(H,15,17). The fourth-order valence-electron chi connectivity index (χ4n) is 2.05. The van der Waals surface area contributed by atoms with E-state index in [1.54, 1.807) is 4.90 Å². The van der Waals surface area contributed by atoms with Gasteiger partial charge in [0.15, 0.2) is 0 Å². The van der Waals surface area contributed by atoms with Gasteiger partial charge in [0, 0.05) is 25.6 Å². The van der Waals surface area contributed by atoms with Crippen molar-refractivity contribution in [1.82, 2.24) is 10.2 Å². The molecule has 104 valence electrons. The molecule has 0 radical (unpaired) electrons. The Morgan fingerprint density at radius 3 is 2.83 bits per heavy atom. The number of amides is 2. The lowest BCUT2D eigenvalue weighted by atomic mass is 10.1. The first-order chi connectivity index (χ1) is 8.59. The third-order valence-corrected chi connectivity index (χ3v) is 3.18. The third kappa shape index (κ3) is 6.00. The third-order valence-electron chi connectivity index (χ3n) is 3.18. The van der Waals surface area contributed by atoms with Gasteiger partial charge in [-0.1, -0.05) is 12.8 Å². The molecule has 3 N–H and O–H groups in total. The monoisotopic (exact) mass is 255 g/mol. The zero-order valence-electron chi connectivity index (χ0n) is 11.3. The van der Waals surface area contributed by atoms with Crippen LogP contribution in [-0.2, 0) is 9.59 Å². The molecular weight excluding hydrogens is 230 g/mol. The maximum absolute atomic E-state index is 11.8. The lowest BCUT2D eigenvalue weighted by Gasteiger charge is -2.24. The Bertz CT molecular complexity index is 279. The summed E-state index contributed by atoms with van der Waals surface area (Å²) in [5.41, 5.74) is 5.61. The van der Waals surface area contributed by atoms with E-state index in [-0.39, 0.29) is 24.4 Å². The van der Waals surface area contributed by atoms with Gasteiger partial charge in [0.25, 0.3) is 0 Å². The van der Waals surface area contributed by atoms with Gasteiger partial charge < -0.3 is 16.0 Å². The number of nitrogens with two attached hydrogens (primary N) is 1. The molecule has 5 nitrogen and oxygen atoms in total. The van der Waals surface area contributed by atoms with Gasteiger partial charge in [-0.2, -0.15) is 0 Å². The zero-order valence-corrected chi connectivity index (χ0v) is 11.3. The molecule has 5 heteroatoms. The highest BCUT2D eigenvalue weighted by Crippen LogP contribution is 2.11. The highest BCUT2D eigenvalue weighted by Gasteiger charge is 2.17. The summed E-state index contributed by atoms with van der Waals surface area (Å²) in [6.07, 6.45) is 5.56. The number of carbonyl (C=O) groups is 2. The normalized spacial score (nSPS) is 19.0. The lowest BCUT2D eigenvalue weighted by molar-refractivity contribution is -0.136. The van der Waals surface area contributed by atoms with Gasteiger partial charge >= 0.3 is 0 Å². The van der Waals surface area contributed by atoms with Crippen molar-refractivity contribution in [2.75, 3.05) is 19.6 Å². The van der Waals surface area contributed by atoms with Gasteiger partial charge in [0.2, 0.25) is 11.8 Å². The van der Waals surface area contributed by atoms with Crippen LogP contribution in [0.1, 0.15) is 45.4 Å². The van der Waals surface area contributed by atoms with Crippen LogP contribution >= 0.6 is 0 Å². The van der Waals surface area contributed by atoms with Crippen molar-refractivity contribution in [3.8, 4) is 0 Å². The Hall–Kier alpha value is -1.10. The van der Waals surface area contributed by atoms with E-state index >= 15 is 0 Å². The summed E-state index contributed by atoms with van der Waals surface area (Å²) < 4.78 is 0. The molecule has 1 aliphatic heterocycles. The molecular formula is C13H25N3O2. The lowest BCUT2D eigenvalue weighted by Crippen LogP contribution is -2.42. The summed E-state index contributed by atoms with van der Waals surface area (Å²) in [6, 6.07) is 0.0913. The first kappa shape index (κ1) is 15.0. The van der Waals surface area contributed by atoms with Crippen LogP contribution in [0.4, 0.5) is 0 Å². The number of carbonyl (C=O) groups excluding carboxylic acids is 2. The molecule has 0 spiro atoms. The fraction of sp³-hybridized carbons (Fsp3) is 0.846. The van der Waals surface area contributed by atoms with Gasteiger partial charge in [0.1, 0.15) is 0 Å². The van der Waals surface area contributed by atoms with E-state index in [1.165, 1.54) is 0 Å². The molecule has 1 heterocycles. The fourth-order valence-corrected chi connectivity index (χ4v) is 2.05. The largest absolute Gasteiger partial charge is 0.355 e. The minimum absolute atomic E-state index is 0.0791. The van der Waals surface area contributed by atoms with Gasteiger partial charge in [0.05, 0.1) is 6.54 Å². The second kappa shape index (κ2) is 8.08. The predicted octanol–water partition coefficient (Wildman–Crippen LogP) is 0.633. The number of hydrogen-bond donors (Lipinski definition) is 2. The Balaban J connectivity index is 2.29. The van der Waals surface area contributed by atoms with Crippen LogP contribution in [0, 0.1) is 0 Å². The quantitative estimate of drug-likeness (QED) is 0.756. The Labute approximate surface area is 109 Å². The molecule has 1 fully saturated rings. The maximum atomic E-state index is 11.8. The summed E-state index contributed by atoms with van der Waals surface area (Å²) in [6.45, 7) is 3.39. The van der Waals surface area contributed by atoms with Crippen molar-refractivity contribution >= 4 is 11.8 Å². The molecule has 0 aromatic heterocycles. The molecule has 18 heavy (non-hydrogen) atoms. The molecule has 0 aliphatic carbocycles. The van der Waals surface area contributed by atoms with E-state index in [1.807, 2.05) is 6.92 Å². The number of hydrogen-bond acceptors (Lipinski definition) is 3. The first-order valence-electron chi connectivity index (χ1n) is 6.89. The zero-order chi connectivity index (χ0) is 13.4. The minimum atomic E-state index is -0.0791. The molecule has 2 amide bonds. The van der Waals surface area contributed by atoms with Gasteiger partial charge in [-0.3, -0.25) is 9.59 Å². The highest BCUT2D eigenvalue weighted by atomic mass is 16.2. The van der Waals surface area contributed by atoms with Gasteiger partial charge in [-0.05, 0) is 26.2 Å². The topological polar surface area (TPSA) is 75.4 Å². The maximum Gasteiger partial charge on any atom is 0.239 e. The van der Waals surface area contributed by atoms with Crippen LogP contribution in [0.2, 0.25) is 0 Å². The van der Waals surface area contributed by atoms with Crippen LogP contribution in [-0.4, -0.2) is 42.4 Å². The van der Waals surface area contributed by atoms with E-state index in [0.717, 1.165) is 32.1 Å². The number of nitrogens with zero attached hydrogens (tertiary/aromatic N) is 1. The smallest absolute Gasteiger partial charge is 0.239 e. The molecule has 0 aromatic rings. The minimum Gasteiger partial charge on any atom is -0.355 e. The molecule has 0 bridgehead atoms. The average Bonchev–Trinajstić information content (AvgIpc) is 2.28. The number of rotatable bonds is 5. The van der Waals surface area contributed by atoms with Crippen molar-refractivity contribution in [1.29, 1.82) is 0 Å². The average molecular weight is 255 g/mol. The molecule has 0 aromatic carbocycles. The Morgan fingerprint density at radius 1 is 1.39 bits per heavy atom. The highest BCUT2D eigenvalue weighted by molar-refractivity contribution is 5.84. The molecule has 1 unspecified atom stereocenters. The SMILES string of the molecule is CC(N)CCNC(=O)CN1CCCCCCC1=O. The number of likely N-dealkylation sites (tertiary alicyclic amines) is 1. The van der Waals surface area contributed by atoms with Gasteiger partial charge in [-0.25, -0.2) is 0 Å². The van der Waals surface area contributed by atoms with E-state index in [9.17, 15) is 9.59 Å². The Morgan fingerprint density at radius 2 is 2.11 bits per heavy atom. The van der Waals surface area contributed by atoms with Crippen LogP contribution in [0.15, 0.2) is 0 Å². The van der Waals surface area contributed by atoms with Crippen molar-refractivity contribution in [3.05, 3.63) is 0 Å². The molecule has 1 rings (SSSR count). The Kier molecular flexibility index (Phi) is 6.72. The summed E-state index contributed by atoms with van der Waals surface area (Å²) >= 11 is 0. The van der Waals surface area contributed by atoms with Crippen LogP contribution < -0.4 is 11.1 Å². The van der Waals surface area contributed by atoms with Crippen molar-refractivity contribution < 1.29 is 9.59 Å². The molecule has 0 saturated carbocycles. The summed E-state index contributed by atoms with van der Waals surface area (Å²) in [5, 5.41) is 2.81. The van der Waals surface area contributed by atoms with E-state index in [0.29, 0.717) is 19.5 Å². The first-order valence-corrected chi connectivity index (χ1v) is 6.89. The van der Waals surface area contributed by atoms with Crippen LogP contribution in [0.3, 0.4) is 0 Å². The second-order valence-corrected chi connectivity index (χ2v) is 5.10. The van der Waals surface area contributed by atoms with Crippen LogP contribution in [0.5, 0.6) is 0 Å².